The zero-order valence-corrected chi connectivity index (χ0v) is 16.3. The van der Waals surface area contributed by atoms with Crippen LogP contribution in [-0.2, 0) is 0 Å². The van der Waals surface area contributed by atoms with Crippen LogP contribution in [-0.4, -0.2) is 10.4 Å². The van der Waals surface area contributed by atoms with Gasteiger partial charge < -0.3 is 4.74 Å². The van der Waals surface area contributed by atoms with Gasteiger partial charge in [0.05, 0.1) is 6.61 Å². The summed E-state index contributed by atoms with van der Waals surface area (Å²) >= 11 is 18.4. The van der Waals surface area contributed by atoms with Crippen LogP contribution < -0.4 is 4.74 Å². The molecule has 0 aliphatic carbocycles. The van der Waals surface area contributed by atoms with Gasteiger partial charge in [0, 0.05) is 5.92 Å². The van der Waals surface area contributed by atoms with Crippen molar-refractivity contribution in [2.24, 2.45) is 5.92 Å². The van der Waals surface area contributed by atoms with E-state index in [9.17, 15) is 0 Å². The maximum absolute atomic E-state index is 6.15. The SMILES string of the molecule is CCCCCCCCC(CCCOc1ccccc1)C(Cl)(Cl)Cl. The molecule has 1 nitrogen and oxygen atoms in total. The number of benzene rings is 1. The van der Waals surface area contributed by atoms with Gasteiger partial charge >= 0.3 is 0 Å². The van der Waals surface area contributed by atoms with Crippen molar-refractivity contribution in [2.45, 2.75) is 68.5 Å². The molecule has 23 heavy (non-hydrogen) atoms. The van der Waals surface area contributed by atoms with Crippen molar-refractivity contribution >= 4 is 34.8 Å². The second-order valence-corrected chi connectivity index (χ2v) is 8.47. The highest BCUT2D eigenvalue weighted by atomic mass is 35.6. The third-order valence-corrected chi connectivity index (χ3v) is 5.00. The summed E-state index contributed by atoms with van der Waals surface area (Å²) in [6.07, 6.45) is 10.4. The Morgan fingerprint density at radius 3 is 2.13 bits per heavy atom. The molecule has 0 radical (unpaired) electrons. The molecular formula is C19H29Cl3O. The van der Waals surface area contributed by atoms with Gasteiger partial charge in [-0.3, -0.25) is 0 Å². The third kappa shape index (κ3) is 10.4. The van der Waals surface area contributed by atoms with E-state index in [2.05, 4.69) is 6.92 Å². The van der Waals surface area contributed by atoms with Crippen LogP contribution in [0, 0.1) is 5.92 Å². The molecule has 4 heteroatoms. The molecule has 1 aromatic carbocycles. The van der Waals surface area contributed by atoms with Crippen molar-refractivity contribution < 1.29 is 4.74 Å². The molecule has 0 fully saturated rings. The fourth-order valence-electron chi connectivity index (χ4n) is 2.68. The van der Waals surface area contributed by atoms with Crippen LogP contribution in [0.5, 0.6) is 5.75 Å². The third-order valence-electron chi connectivity index (χ3n) is 4.08. The van der Waals surface area contributed by atoms with Crippen molar-refractivity contribution in [3.8, 4) is 5.75 Å². The minimum absolute atomic E-state index is 0.109. The maximum atomic E-state index is 6.15. The molecule has 0 aromatic heterocycles. The minimum Gasteiger partial charge on any atom is -0.494 e. The summed E-state index contributed by atoms with van der Waals surface area (Å²) in [5.41, 5.74) is 0. The van der Waals surface area contributed by atoms with Crippen LogP contribution in [0.3, 0.4) is 0 Å². The first-order valence-electron chi connectivity index (χ1n) is 8.78. The van der Waals surface area contributed by atoms with Gasteiger partial charge in [-0.25, -0.2) is 0 Å². The summed E-state index contributed by atoms with van der Waals surface area (Å²) in [5, 5.41) is 0. The summed E-state index contributed by atoms with van der Waals surface area (Å²) in [5.74, 6) is 1.01. The highest BCUT2D eigenvalue weighted by molar-refractivity contribution is 6.67. The molecule has 0 aliphatic heterocycles. The van der Waals surface area contributed by atoms with E-state index in [4.69, 9.17) is 39.5 Å². The average molecular weight is 380 g/mol. The largest absolute Gasteiger partial charge is 0.494 e. The smallest absolute Gasteiger partial charge is 0.193 e. The lowest BCUT2D eigenvalue weighted by atomic mass is 9.97. The van der Waals surface area contributed by atoms with E-state index in [1.165, 1.54) is 32.1 Å². The van der Waals surface area contributed by atoms with Crippen LogP contribution in [0.4, 0.5) is 0 Å². The molecule has 0 aliphatic rings. The molecule has 0 spiro atoms. The van der Waals surface area contributed by atoms with Gasteiger partial charge in [0.15, 0.2) is 3.79 Å². The number of rotatable bonds is 12. The number of ether oxygens (including phenoxy) is 1. The first-order chi connectivity index (χ1) is 11.0. The van der Waals surface area contributed by atoms with Gasteiger partial charge in [-0.15, -0.1) is 0 Å². The predicted octanol–water partition coefficient (Wildman–Crippen LogP) is 7.58. The van der Waals surface area contributed by atoms with Gasteiger partial charge in [0.2, 0.25) is 0 Å². The maximum Gasteiger partial charge on any atom is 0.193 e. The Morgan fingerprint density at radius 2 is 1.48 bits per heavy atom. The number of hydrogen-bond acceptors (Lipinski definition) is 1. The molecule has 1 atom stereocenters. The van der Waals surface area contributed by atoms with E-state index < -0.39 is 3.79 Å². The first-order valence-corrected chi connectivity index (χ1v) is 9.92. The Morgan fingerprint density at radius 1 is 0.870 bits per heavy atom. The molecule has 1 unspecified atom stereocenters. The quantitative estimate of drug-likeness (QED) is 0.268. The second-order valence-electron chi connectivity index (χ2n) is 6.10. The van der Waals surface area contributed by atoms with E-state index in [1.807, 2.05) is 30.3 Å². The van der Waals surface area contributed by atoms with E-state index in [-0.39, 0.29) is 5.92 Å². The molecule has 0 heterocycles. The topological polar surface area (TPSA) is 9.23 Å². The molecular weight excluding hydrogens is 351 g/mol. The van der Waals surface area contributed by atoms with Gasteiger partial charge in [-0.2, -0.15) is 0 Å². The number of unbranched alkanes of at least 4 members (excludes halogenated alkanes) is 5. The fraction of sp³-hybridized carbons (Fsp3) is 0.684. The summed E-state index contributed by atoms with van der Waals surface area (Å²) < 4.78 is 4.54. The summed E-state index contributed by atoms with van der Waals surface area (Å²) in [7, 11) is 0. The van der Waals surface area contributed by atoms with Gasteiger partial charge in [0.1, 0.15) is 5.75 Å². The molecule has 132 valence electrons. The molecule has 0 amide bonds. The van der Waals surface area contributed by atoms with E-state index in [0.717, 1.165) is 31.4 Å². The van der Waals surface area contributed by atoms with Crippen LogP contribution in [0.15, 0.2) is 30.3 Å². The van der Waals surface area contributed by atoms with Crippen molar-refractivity contribution in [1.82, 2.24) is 0 Å². The molecule has 1 aromatic rings. The molecule has 1 rings (SSSR count). The summed E-state index contributed by atoms with van der Waals surface area (Å²) in [6, 6.07) is 9.84. The zero-order chi connectivity index (χ0) is 17.0. The molecule has 0 bridgehead atoms. The van der Waals surface area contributed by atoms with Gasteiger partial charge in [-0.1, -0.05) is 98.5 Å². The molecule has 0 saturated carbocycles. The Bertz CT molecular complexity index is 389. The highest BCUT2D eigenvalue weighted by Crippen LogP contribution is 2.40. The lowest BCUT2D eigenvalue weighted by molar-refractivity contribution is 0.287. The van der Waals surface area contributed by atoms with Crippen LogP contribution in [0.25, 0.3) is 0 Å². The molecule has 0 N–H and O–H groups in total. The van der Waals surface area contributed by atoms with E-state index >= 15 is 0 Å². The van der Waals surface area contributed by atoms with E-state index in [0.29, 0.717) is 6.61 Å². The van der Waals surface area contributed by atoms with Crippen LogP contribution in [0.2, 0.25) is 0 Å². The lowest BCUT2D eigenvalue weighted by Gasteiger charge is -2.24. The Balaban J connectivity index is 2.21. The van der Waals surface area contributed by atoms with Crippen molar-refractivity contribution in [3.63, 3.8) is 0 Å². The summed E-state index contributed by atoms with van der Waals surface area (Å²) in [4.78, 5) is 0. The number of alkyl halides is 3. The Kier molecular flexibility index (Phi) is 11.2. The zero-order valence-electron chi connectivity index (χ0n) is 14.1. The minimum atomic E-state index is -1.17. The van der Waals surface area contributed by atoms with E-state index in [1.54, 1.807) is 0 Å². The van der Waals surface area contributed by atoms with Gasteiger partial charge in [0.25, 0.3) is 0 Å². The Labute approximate surface area is 156 Å². The van der Waals surface area contributed by atoms with Crippen LogP contribution in [0.1, 0.15) is 64.7 Å². The van der Waals surface area contributed by atoms with Crippen molar-refractivity contribution in [2.75, 3.05) is 6.61 Å². The normalized spacial score (nSPS) is 13.0. The van der Waals surface area contributed by atoms with Crippen molar-refractivity contribution in [1.29, 1.82) is 0 Å². The van der Waals surface area contributed by atoms with Crippen molar-refractivity contribution in [3.05, 3.63) is 30.3 Å². The average Bonchev–Trinajstić information content (AvgIpc) is 2.52. The van der Waals surface area contributed by atoms with Crippen LogP contribution >= 0.6 is 34.8 Å². The fourth-order valence-corrected chi connectivity index (χ4v) is 3.33. The first kappa shape index (κ1) is 20.9. The van der Waals surface area contributed by atoms with Gasteiger partial charge in [-0.05, 0) is 31.4 Å². The highest BCUT2D eigenvalue weighted by Gasteiger charge is 2.31. The number of hydrogen-bond donors (Lipinski definition) is 0. The second kappa shape index (κ2) is 12.3. The lowest BCUT2D eigenvalue weighted by Crippen LogP contribution is -2.20. The Hall–Kier alpha value is -0.110. The summed E-state index contributed by atoms with van der Waals surface area (Å²) in [6.45, 7) is 2.90. The standard InChI is InChI=1S/C19H29Cl3O/c1-2-3-4-5-6-8-12-17(19(20,21)22)13-11-16-23-18-14-9-7-10-15-18/h7,9-10,14-15,17H,2-6,8,11-13,16H2,1H3. The number of para-hydroxylation sites is 1. The monoisotopic (exact) mass is 378 g/mol. The predicted molar refractivity (Wildman–Crippen MR) is 103 cm³/mol. The number of halogens is 3. The molecule has 0 saturated heterocycles.